The molecule has 1 aromatic heterocycles. The Morgan fingerprint density at radius 3 is 2.48 bits per heavy atom. The molecule has 0 saturated heterocycles. The molecule has 1 heterocycles. The normalized spacial score (nSPS) is 11.5. The van der Waals surface area contributed by atoms with Crippen molar-refractivity contribution in [1.82, 2.24) is 15.5 Å². The van der Waals surface area contributed by atoms with E-state index in [1.165, 1.54) is 11.3 Å². The number of hydrogen-bond acceptors (Lipinski definition) is 4. The fourth-order valence-electron chi connectivity index (χ4n) is 1.74. The second-order valence-electron chi connectivity index (χ2n) is 4.18. The van der Waals surface area contributed by atoms with Crippen molar-refractivity contribution in [3.63, 3.8) is 0 Å². The summed E-state index contributed by atoms with van der Waals surface area (Å²) in [7, 11) is 0. The SMILES string of the molecule is CCN(CC)C(=O)CNC(=O)NC(C(=O)O)c1cccs1. The number of nitrogens with zero attached hydrogens (tertiary/aromatic N) is 1. The van der Waals surface area contributed by atoms with E-state index in [1.54, 1.807) is 22.4 Å². The molecule has 7 nitrogen and oxygen atoms in total. The minimum absolute atomic E-state index is 0.162. The fourth-order valence-corrected chi connectivity index (χ4v) is 2.50. The van der Waals surface area contributed by atoms with Gasteiger partial charge in [-0.3, -0.25) is 4.79 Å². The van der Waals surface area contributed by atoms with Gasteiger partial charge in [0.25, 0.3) is 0 Å². The molecule has 0 fully saturated rings. The summed E-state index contributed by atoms with van der Waals surface area (Å²) in [5.74, 6) is -1.36. The first kappa shape index (κ1) is 17.0. The van der Waals surface area contributed by atoms with Crippen LogP contribution in [0.3, 0.4) is 0 Å². The summed E-state index contributed by atoms with van der Waals surface area (Å²) in [4.78, 5) is 36.7. The van der Waals surface area contributed by atoms with Crippen LogP contribution in [0.15, 0.2) is 17.5 Å². The molecule has 8 heteroatoms. The second-order valence-corrected chi connectivity index (χ2v) is 5.16. The van der Waals surface area contributed by atoms with Crippen molar-refractivity contribution in [1.29, 1.82) is 0 Å². The van der Waals surface area contributed by atoms with Crippen molar-refractivity contribution in [2.75, 3.05) is 19.6 Å². The Balaban J connectivity index is 2.52. The van der Waals surface area contributed by atoms with Crippen LogP contribution in [0.5, 0.6) is 0 Å². The predicted octanol–water partition coefficient (Wildman–Crippen LogP) is 1.04. The van der Waals surface area contributed by atoms with E-state index in [0.29, 0.717) is 18.0 Å². The molecule has 0 aliphatic carbocycles. The molecule has 0 saturated carbocycles. The molecule has 1 atom stereocenters. The summed E-state index contributed by atoms with van der Waals surface area (Å²) in [6, 6.07) is 1.54. The number of amides is 3. The van der Waals surface area contributed by atoms with Crippen LogP contribution in [0.2, 0.25) is 0 Å². The molecule has 0 aromatic carbocycles. The zero-order chi connectivity index (χ0) is 15.8. The Hall–Kier alpha value is -2.09. The van der Waals surface area contributed by atoms with E-state index in [0.717, 1.165) is 0 Å². The van der Waals surface area contributed by atoms with Gasteiger partial charge in [-0.05, 0) is 25.3 Å². The Morgan fingerprint density at radius 2 is 2.00 bits per heavy atom. The van der Waals surface area contributed by atoms with Gasteiger partial charge in [0.1, 0.15) is 0 Å². The first-order chi connectivity index (χ1) is 9.99. The van der Waals surface area contributed by atoms with Crippen LogP contribution in [-0.4, -0.2) is 47.5 Å². The smallest absolute Gasteiger partial charge is 0.331 e. The Labute approximate surface area is 126 Å². The zero-order valence-electron chi connectivity index (χ0n) is 12.0. The molecule has 3 N–H and O–H groups in total. The molecule has 0 aliphatic rings. The highest BCUT2D eigenvalue weighted by Gasteiger charge is 2.23. The fraction of sp³-hybridized carbons (Fsp3) is 0.462. The number of carboxylic acid groups (broad SMARTS) is 1. The molecule has 0 radical (unpaired) electrons. The number of aliphatic carboxylic acids is 1. The van der Waals surface area contributed by atoms with Crippen molar-refractivity contribution in [2.24, 2.45) is 0 Å². The highest BCUT2D eigenvalue weighted by atomic mass is 32.1. The van der Waals surface area contributed by atoms with E-state index in [-0.39, 0.29) is 12.5 Å². The lowest BCUT2D eigenvalue weighted by molar-refractivity contribution is -0.139. The van der Waals surface area contributed by atoms with Crippen LogP contribution in [0.25, 0.3) is 0 Å². The van der Waals surface area contributed by atoms with E-state index in [1.807, 2.05) is 13.8 Å². The summed E-state index contributed by atoms with van der Waals surface area (Å²) >= 11 is 1.24. The van der Waals surface area contributed by atoms with E-state index in [4.69, 9.17) is 5.11 Å². The zero-order valence-corrected chi connectivity index (χ0v) is 12.8. The molecule has 1 unspecified atom stereocenters. The van der Waals surface area contributed by atoms with Crippen molar-refractivity contribution < 1.29 is 19.5 Å². The lowest BCUT2D eigenvalue weighted by Gasteiger charge is -2.19. The average molecular weight is 313 g/mol. The van der Waals surface area contributed by atoms with Crippen molar-refractivity contribution in [3.05, 3.63) is 22.4 Å². The van der Waals surface area contributed by atoms with Gasteiger partial charge in [0.2, 0.25) is 5.91 Å². The monoisotopic (exact) mass is 313 g/mol. The number of likely N-dealkylation sites (N-methyl/N-ethyl adjacent to an activating group) is 1. The van der Waals surface area contributed by atoms with Gasteiger partial charge >= 0.3 is 12.0 Å². The summed E-state index contributed by atoms with van der Waals surface area (Å²) in [6.45, 7) is 4.65. The number of hydrogen-bond donors (Lipinski definition) is 3. The Bertz CT molecular complexity index is 486. The van der Waals surface area contributed by atoms with Crippen molar-refractivity contribution in [3.8, 4) is 0 Å². The molecule has 0 aliphatic heterocycles. The average Bonchev–Trinajstić information content (AvgIpc) is 2.97. The third-order valence-corrected chi connectivity index (χ3v) is 3.80. The minimum Gasteiger partial charge on any atom is -0.479 e. The Morgan fingerprint density at radius 1 is 1.33 bits per heavy atom. The Kier molecular flexibility index (Phi) is 6.67. The number of carbonyl (C=O) groups excluding carboxylic acids is 2. The van der Waals surface area contributed by atoms with Gasteiger partial charge < -0.3 is 20.6 Å². The number of rotatable bonds is 7. The maximum Gasteiger partial charge on any atom is 0.331 e. The van der Waals surface area contributed by atoms with E-state index in [2.05, 4.69) is 10.6 Å². The number of carboxylic acids is 1. The van der Waals surface area contributed by atoms with Gasteiger partial charge in [0, 0.05) is 18.0 Å². The van der Waals surface area contributed by atoms with Gasteiger partial charge in [-0.15, -0.1) is 11.3 Å². The maximum atomic E-state index is 11.7. The third-order valence-electron chi connectivity index (χ3n) is 2.87. The summed E-state index contributed by atoms with van der Waals surface area (Å²) in [6.07, 6.45) is 0. The van der Waals surface area contributed by atoms with Gasteiger partial charge in [-0.2, -0.15) is 0 Å². The number of nitrogens with one attached hydrogen (secondary N) is 2. The minimum atomic E-state index is -1.15. The first-order valence-electron chi connectivity index (χ1n) is 6.57. The number of urea groups is 1. The molecule has 0 spiro atoms. The van der Waals surface area contributed by atoms with Crippen LogP contribution in [-0.2, 0) is 9.59 Å². The summed E-state index contributed by atoms with van der Waals surface area (Å²) in [5, 5.41) is 15.6. The third kappa shape index (κ3) is 5.07. The van der Waals surface area contributed by atoms with Crippen LogP contribution in [0.1, 0.15) is 24.8 Å². The molecule has 21 heavy (non-hydrogen) atoms. The quantitative estimate of drug-likeness (QED) is 0.700. The van der Waals surface area contributed by atoms with E-state index in [9.17, 15) is 14.4 Å². The summed E-state index contributed by atoms with van der Waals surface area (Å²) < 4.78 is 0. The van der Waals surface area contributed by atoms with Gasteiger partial charge in [-0.1, -0.05) is 6.07 Å². The number of thiophene rings is 1. The molecule has 1 rings (SSSR count). The van der Waals surface area contributed by atoms with Gasteiger partial charge in [0.05, 0.1) is 6.54 Å². The molecule has 1 aromatic rings. The van der Waals surface area contributed by atoms with Crippen LogP contribution >= 0.6 is 11.3 Å². The molecular weight excluding hydrogens is 294 g/mol. The lowest BCUT2D eigenvalue weighted by Crippen LogP contribution is -2.45. The highest BCUT2D eigenvalue weighted by molar-refractivity contribution is 7.10. The standard InChI is InChI=1S/C13H19N3O4S/c1-3-16(4-2)10(17)8-14-13(20)15-11(12(18)19)9-6-5-7-21-9/h5-7,11H,3-4,8H2,1-2H3,(H,18,19)(H2,14,15,20). The van der Waals surface area contributed by atoms with Crippen LogP contribution in [0, 0.1) is 0 Å². The number of carbonyl (C=O) groups is 3. The van der Waals surface area contributed by atoms with Gasteiger partial charge in [-0.25, -0.2) is 9.59 Å². The summed E-state index contributed by atoms with van der Waals surface area (Å²) in [5.41, 5.74) is 0. The van der Waals surface area contributed by atoms with Gasteiger partial charge in [0.15, 0.2) is 6.04 Å². The van der Waals surface area contributed by atoms with Crippen molar-refractivity contribution >= 4 is 29.2 Å². The molecule has 116 valence electrons. The predicted molar refractivity (Wildman–Crippen MR) is 79.2 cm³/mol. The van der Waals surface area contributed by atoms with E-state index < -0.39 is 18.0 Å². The largest absolute Gasteiger partial charge is 0.479 e. The first-order valence-corrected chi connectivity index (χ1v) is 7.45. The topological polar surface area (TPSA) is 98.7 Å². The van der Waals surface area contributed by atoms with E-state index >= 15 is 0 Å². The second kappa shape index (κ2) is 8.25. The molecular formula is C13H19N3O4S. The lowest BCUT2D eigenvalue weighted by atomic mass is 10.2. The molecule has 3 amide bonds. The maximum absolute atomic E-state index is 11.7. The van der Waals surface area contributed by atoms with Crippen LogP contribution in [0.4, 0.5) is 4.79 Å². The van der Waals surface area contributed by atoms with Crippen LogP contribution < -0.4 is 10.6 Å². The highest BCUT2D eigenvalue weighted by Crippen LogP contribution is 2.18. The van der Waals surface area contributed by atoms with Crippen molar-refractivity contribution in [2.45, 2.75) is 19.9 Å². The molecule has 0 bridgehead atoms.